The van der Waals surface area contributed by atoms with Crippen LogP contribution in [0.15, 0.2) is 12.1 Å². The SMILES string of the molecule is CC1(O)CCN(c2cc(CO)cc(C(C)(C)C)n2)CC1. The molecule has 0 saturated carbocycles. The van der Waals surface area contributed by atoms with Crippen LogP contribution >= 0.6 is 0 Å². The molecule has 0 aromatic carbocycles. The number of anilines is 1. The molecule has 4 nitrogen and oxygen atoms in total. The third-order valence-electron chi connectivity index (χ3n) is 3.99. The van der Waals surface area contributed by atoms with Crippen LogP contribution < -0.4 is 4.90 Å². The van der Waals surface area contributed by atoms with E-state index in [-0.39, 0.29) is 12.0 Å². The zero-order valence-corrected chi connectivity index (χ0v) is 13.0. The van der Waals surface area contributed by atoms with E-state index in [1.807, 2.05) is 19.1 Å². The summed E-state index contributed by atoms with van der Waals surface area (Å²) in [7, 11) is 0. The molecular formula is C16H26N2O2. The number of hydrogen-bond donors (Lipinski definition) is 2. The minimum Gasteiger partial charge on any atom is -0.392 e. The number of aliphatic hydroxyl groups excluding tert-OH is 1. The number of hydrogen-bond acceptors (Lipinski definition) is 4. The maximum atomic E-state index is 10.0. The monoisotopic (exact) mass is 278 g/mol. The lowest BCUT2D eigenvalue weighted by Crippen LogP contribution is -2.43. The summed E-state index contributed by atoms with van der Waals surface area (Å²) >= 11 is 0. The summed E-state index contributed by atoms with van der Waals surface area (Å²) in [5.74, 6) is 0.914. The first-order chi connectivity index (χ1) is 9.21. The second-order valence-corrected chi connectivity index (χ2v) is 7.11. The predicted octanol–water partition coefficient (Wildman–Crippen LogP) is 2.22. The summed E-state index contributed by atoms with van der Waals surface area (Å²) in [6.45, 7) is 9.91. The zero-order chi connectivity index (χ0) is 15.0. The van der Waals surface area contributed by atoms with E-state index in [1.165, 1.54) is 0 Å². The molecule has 1 fully saturated rings. The van der Waals surface area contributed by atoms with Crippen LogP contribution in [0, 0.1) is 0 Å². The summed E-state index contributed by atoms with van der Waals surface area (Å²) in [6, 6.07) is 3.93. The molecule has 0 aliphatic carbocycles. The van der Waals surface area contributed by atoms with Crippen molar-refractivity contribution in [3.05, 3.63) is 23.4 Å². The van der Waals surface area contributed by atoms with Crippen LogP contribution in [0.5, 0.6) is 0 Å². The Labute approximate surface area is 121 Å². The smallest absolute Gasteiger partial charge is 0.129 e. The van der Waals surface area contributed by atoms with Crippen molar-refractivity contribution in [2.24, 2.45) is 0 Å². The molecule has 0 spiro atoms. The van der Waals surface area contributed by atoms with Crippen LogP contribution in [-0.4, -0.2) is 33.9 Å². The van der Waals surface area contributed by atoms with Crippen LogP contribution in [-0.2, 0) is 12.0 Å². The number of piperidine rings is 1. The maximum absolute atomic E-state index is 10.0. The van der Waals surface area contributed by atoms with Crippen molar-refractivity contribution in [3.63, 3.8) is 0 Å². The highest BCUT2D eigenvalue weighted by Gasteiger charge is 2.28. The standard InChI is InChI=1S/C16H26N2O2/c1-15(2,3)13-9-12(11-19)10-14(17-13)18-7-5-16(4,20)6-8-18/h9-10,19-20H,5-8,11H2,1-4H3. The third kappa shape index (κ3) is 3.49. The van der Waals surface area contributed by atoms with E-state index >= 15 is 0 Å². The molecular weight excluding hydrogens is 252 g/mol. The van der Waals surface area contributed by atoms with E-state index in [4.69, 9.17) is 4.98 Å². The fraction of sp³-hybridized carbons (Fsp3) is 0.688. The molecule has 2 heterocycles. The van der Waals surface area contributed by atoms with Gasteiger partial charge >= 0.3 is 0 Å². The van der Waals surface area contributed by atoms with Crippen LogP contribution in [0.3, 0.4) is 0 Å². The van der Waals surface area contributed by atoms with Crippen molar-refractivity contribution in [1.82, 2.24) is 4.98 Å². The van der Waals surface area contributed by atoms with Gasteiger partial charge in [-0.1, -0.05) is 20.8 Å². The summed E-state index contributed by atoms with van der Waals surface area (Å²) in [6.07, 6.45) is 1.51. The Bertz CT molecular complexity index is 468. The molecule has 0 bridgehead atoms. The fourth-order valence-corrected chi connectivity index (χ4v) is 2.43. The van der Waals surface area contributed by atoms with Gasteiger partial charge in [0.1, 0.15) is 5.82 Å². The normalized spacial score (nSPS) is 19.2. The Morgan fingerprint density at radius 3 is 2.35 bits per heavy atom. The average Bonchev–Trinajstić information content (AvgIpc) is 2.37. The predicted molar refractivity (Wildman–Crippen MR) is 80.9 cm³/mol. The number of pyridine rings is 1. The second kappa shape index (κ2) is 5.34. The van der Waals surface area contributed by atoms with E-state index in [9.17, 15) is 10.2 Å². The molecule has 1 saturated heterocycles. The summed E-state index contributed by atoms with van der Waals surface area (Å²) in [4.78, 5) is 6.96. The van der Waals surface area contributed by atoms with Crippen molar-refractivity contribution >= 4 is 5.82 Å². The van der Waals surface area contributed by atoms with Gasteiger partial charge in [0.05, 0.1) is 12.2 Å². The van der Waals surface area contributed by atoms with Gasteiger partial charge in [0, 0.05) is 24.2 Å². The number of nitrogens with zero attached hydrogens (tertiary/aromatic N) is 2. The largest absolute Gasteiger partial charge is 0.392 e. The average molecular weight is 278 g/mol. The Kier molecular flexibility index (Phi) is 4.07. The zero-order valence-electron chi connectivity index (χ0n) is 13.0. The van der Waals surface area contributed by atoms with Gasteiger partial charge in [0.25, 0.3) is 0 Å². The molecule has 0 radical (unpaired) electrons. The van der Waals surface area contributed by atoms with Gasteiger partial charge in [-0.05, 0) is 37.5 Å². The van der Waals surface area contributed by atoms with E-state index in [0.29, 0.717) is 0 Å². The first kappa shape index (κ1) is 15.3. The van der Waals surface area contributed by atoms with Crippen molar-refractivity contribution in [2.45, 2.75) is 58.2 Å². The van der Waals surface area contributed by atoms with Gasteiger partial charge in [-0.2, -0.15) is 0 Å². The van der Waals surface area contributed by atoms with Gasteiger partial charge in [-0.25, -0.2) is 4.98 Å². The topological polar surface area (TPSA) is 56.6 Å². The molecule has 1 aliphatic rings. The van der Waals surface area contributed by atoms with Crippen LogP contribution in [0.25, 0.3) is 0 Å². The van der Waals surface area contributed by atoms with Gasteiger partial charge in [0.15, 0.2) is 0 Å². The minimum atomic E-state index is -0.558. The molecule has 0 atom stereocenters. The first-order valence-corrected chi connectivity index (χ1v) is 7.31. The van der Waals surface area contributed by atoms with Crippen molar-refractivity contribution < 1.29 is 10.2 Å². The van der Waals surface area contributed by atoms with Crippen LogP contribution in [0.2, 0.25) is 0 Å². The molecule has 0 unspecified atom stereocenters. The Morgan fingerprint density at radius 2 is 1.85 bits per heavy atom. The van der Waals surface area contributed by atoms with Crippen molar-refractivity contribution in [2.75, 3.05) is 18.0 Å². The minimum absolute atomic E-state index is 0.0319. The van der Waals surface area contributed by atoms with Crippen LogP contribution in [0.1, 0.15) is 51.8 Å². The quantitative estimate of drug-likeness (QED) is 0.871. The molecule has 1 aromatic rings. The Morgan fingerprint density at radius 1 is 1.25 bits per heavy atom. The highest BCUT2D eigenvalue weighted by atomic mass is 16.3. The van der Waals surface area contributed by atoms with Crippen molar-refractivity contribution in [1.29, 1.82) is 0 Å². The van der Waals surface area contributed by atoms with Crippen LogP contribution in [0.4, 0.5) is 5.82 Å². The van der Waals surface area contributed by atoms with Gasteiger partial charge in [-0.3, -0.25) is 0 Å². The van der Waals surface area contributed by atoms with E-state index in [0.717, 1.165) is 43.0 Å². The first-order valence-electron chi connectivity index (χ1n) is 7.31. The van der Waals surface area contributed by atoms with Gasteiger partial charge < -0.3 is 15.1 Å². The molecule has 0 amide bonds. The molecule has 1 aromatic heterocycles. The number of aromatic nitrogens is 1. The molecule has 112 valence electrons. The molecule has 2 rings (SSSR count). The molecule has 20 heavy (non-hydrogen) atoms. The van der Waals surface area contributed by atoms with E-state index in [2.05, 4.69) is 25.7 Å². The summed E-state index contributed by atoms with van der Waals surface area (Å²) in [5.41, 5.74) is 1.30. The lowest BCUT2D eigenvalue weighted by atomic mass is 9.90. The molecule has 2 N–H and O–H groups in total. The maximum Gasteiger partial charge on any atom is 0.129 e. The van der Waals surface area contributed by atoms with Crippen molar-refractivity contribution in [3.8, 4) is 0 Å². The van der Waals surface area contributed by atoms with E-state index < -0.39 is 5.60 Å². The lowest BCUT2D eigenvalue weighted by molar-refractivity contribution is 0.0350. The summed E-state index contributed by atoms with van der Waals surface area (Å²) in [5, 5.41) is 19.5. The second-order valence-electron chi connectivity index (χ2n) is 7.11. The highest BCUT2D eigenvalue weighted by Crippen LogP contribution is 2.28. The highest BCUT2D eigenvalue weighted by molar-refractivity contribution is 5.44. The Hall–Kier alpha value is -1.13. The number of aliphatic hydroxyl groups is 2. The lowest BCUT2D eigenvalue weighted by Gasteiger charge is -2.37. The number of rotatable bonds is 2. The van der Waals surface area contributed by atoms with E-state index in [1.54, 1.807) is 0 Å². The molecule has 1 aliphatic heterocycles. The molecule has 4 heteroatoms. The van der Waals surface area contributed by atoms with Gasteiger partial charge in [0.2, 0.25) is 0 Å². The Balaban J connectivity index is 2.28. The van der Waals surface area contributed by atoms with Gasteiger partial charge in [-0.15, -0.1) is 0 Å². The fourth-order valence-electron chi connectivity index (χ4n) is 2.43. The summed E-state index contributed by atoms with van der Waals surface area (Å²) < 4.78 is 0. The third-order valence-corrected chi connectivity index (χ3v) is 3.99.